The maximum Gasteiger partial charge on any atom is 0.373 e. The molecule has 2 aromatic carbocycles. The average Bonchev–Trinajstić information content (AvgIpc) is 3.47. The molecule has 3 aromatic rings. The third-order valence-corrected chi connectivity index (χ3v) is 5.34. The van der Waals surface area contributed by atoms with Crippen molar-refractivity contribution in [2.24, 2.45) is 0 Å². The fourth-order valence-corrected chi connectivity index (χ4v) is 3.57. The molecule has 1 aliphatic heterocycles. The number of nitrogens with one attached hydrogen (secondary N) is 1. The highest BCUT2D eigenvalue weighted by molar-refractivity contribution is 6.13. The van der Waals surface area contributed by atoms with E-state index < -0.39 is 17.9 Å². The van der Waals surface area contributed by atoms with Gasteiger partial charge in [-0.25, -0.2) is 9.59 Å². The zero-order valence-corrected chi connectivity index (χ0v) is 19.9. The smallest absolute Gasteiger partial charge is 0.373 e. The lowest BCUT2D eigenvalue weighted by Gasteiger charge is -2.15. The molecule has 0 aliphatic carbocycles. The zero-order chi connectivity index (χ0) is 25.7. The Morgan fingerprint density at radius 3 is 2.33 bits per heavy atom. The summed E-state index contributed by atoms with van der Waals surface area (Å²) in [6.45, 7) is 0.153. The van der Waals surface area contributed by atoms with Crippen molar-refractivity contribution in [1.29, 1.82) is 0 Å². The van der Waals surface area contributed by atoms with Crippen molar-refractivity contribution in [2.45, 2.75) is 13.2 Å². The van der Waals surface area contributed by atoms with E-state index in [1.165, 1.54) is 39.5 Å². The summed E-state index contributed by atoms with van der Waals surface area (Å²) in [4.78, 5) is 37.9. The number of hydrogen-bond donors (Lipinski definition) is 1. The second kappa shape index (κ2) is 10.7. The van der Waals surface area contributed by atoms with Crippen LogP contribution in [0.1, 0.15) is 27.4 Å². The van der Waals surface area contributed by atoms with Crippen LogP contribution >= 0.6 is 0 Å². The van der Waals surface area contributed by atoms with Gasteiger partial charge in [0.25, 0.3) is 5.91 Å². The van der Waals surface area contributed by atoms with Crippen molar-refractivity contribution < 1.29 is 37.7 Å². The molecule has 1 N–H and O–H groups in total. The quantitative estimate of drug-likeness (QED) is 0.273. The summed E-state index contributed by atoms with van der Waals surface area (Å²) in [5.74, 6) is 0.228. The van der Waals surface area contributed by atoms with E-state index in [0.29, 0.717) is 29.4 Å². The number of methoxy groups -OCH3 is 3. The van der Waals surface area contributed by atoms with Gasteiger partial charge in [0.2, 0.25) is 11.5 Å². The molecule has 1 aliphatic rings. The Kier molecular flexibility index (Phi) is 7.24. The molecule has 0 saturated carbocycles. The molecule has 1 fully saturated rings. The number of amides is 3. The van der Waals surface area contributed by atoms with Crippen LogP contribution in [0.3, 0.4) is 0 Å². The van der Waals surface area contributed by atoms with Crippen LogP contribution in [-0.4, -0.2) is 44.1 Å². The fourth-order valence-electron chi connectivity index (χ4n) is 3.57. The lowest BCUT2D eigenvalue weighted by molar-refractivity contribution is -0.123. The summed E-state index contributed by atoms with van der Waals surface area (Å²) in [6, 6.07) is 15.3. The Bertz CT molecular complexity index is 1290. The molecule has 0 atom stereocenters. The first-order chi connectivity index (χ1) is 17.4. The minimum atomic E-state index is -0.655. The zero-order valence-electron chi connectivity index (χ0n) is 19.9. The highest BCUT2D eigenvalue weighted by Gasteiger charge is 2.34. The molecule has 10 heteroatoms. The van der Waals surface area contributed by atoms with E-state index in [1.807, 2.05) is 30.3 Å². The fraction of sp³-hybridized carbons (Fsp3) is 0.192. The Morgan fingerprint density at radius 2 is 1.69 bits per heavy atom. The van der Waals surface area contributed by atoms with Crippen LogP contribution in [0.4, 0.5) is 4.79 Å². The second-order valence-electron chi connectivity index (χ2n) is 7.67. The van der Waals surface area contributed by atoms with Crippen LogP contribution in [-0.2, 0) is 22.7 Å². The Balaban J connectivity index is 1.54. The Labute approximate surface area is 207 Å². The summed E-state index contributed by atoms with van der Waals surface area (Å²) in [5, 5.41) is 2.55. The third kappa shape index (κ3) is 5.17. The molecule has 36 heavy (non-hydrogen) atoms. The van der Waals surface area contributed by atoms with Crippen molar-refractivity contribution in [3.05, 3.63) is 82.9 Å². The van der Waals surface area contributed by atoms with Crippen molar-refractivity contribution in [3.63, 3.8) is 0 Å². The van der Waals surface area contributed by atoms with Gasteiger partial charge in [-0.15, -0.1) is 0 Å². The molecule has 10 nitrogen and oxygen atoms in total. The van der Waals surface area contributed by atoms with Crippen LogP contribution in [0.15, 0.2) is 64.7 Å². The van der Waals surface area contributed by atoms with Crippen LogP contribution in [0.5, 0.6) is 17.2 Å². The summed E-state index contributed by atoms with van der Waals surface area (Å²) in [7, 11) is 4.22. The van der Waals surface area contributed by atoms with Gasteiger partial charge in [-0.1, -0.05) is 30.3 Å². The number of benzene rings is 2. The second-order valence-corrected chi connectivity index (χ2v) is 7.67. The predicted molar refractivity (Wildman–Crippen MR) is 127 cm³/mol. The number of ether oxygens (including phenoxy) is 4. The molecule has 0 unspecified atom stereocenters. The minimum Gasteiger partial charge on any atom is -0.493 e. The largest absolute Gasteiger partial charge is 0.493 e. The summed E-state index contributed by atoms with van der Waals surface area (Å²) in [5.41, 5.74) is 1.58. The van der Waals surface area contributed by atoms with Crippen LogP contribution < -0.4 is 19.5 Å². The molecule has 186 valence electrons. The van der Waals surface area contributed by atoms with E-state index in [0.717, 1.165) is 10.5 Å². The molecule has 0 spiro atoms. The number of urea groups is 1. The lowest BCUT2D eigenvalue weighted by Crippen LogP contribution is -2.30. The number of furan rings is 1. The molecular formula is C26H24N2O8. The van der Waals surface area contributed by atoms with Gasteiger partial charge in [-0.2, -0.15) is 0 Å². The molecule has 1 aromatic heterocycles. The van der Waals surface area contributed by atoms with Crippen molar-refractivity contribution in [3.8, 4) is 17.2 Å². The summed E-state index contributed by atoms with van der Waals surface area (Å²) in [6.07, 6.45) is 1.51. The highest BCUT2D eigenvalue weighted by atomic mass is 16.5. The van der Waals surface area contributed by atoms with Crippen molar-refractivity contribution in [2.75, 3.05) is 21.3 Å². The van der Waals surface area contributed by atoms with Gasteiger partial charge in [-0.05, 0) is 41.5 Å². The van der Waals surface area contributed by atoms with Gasteiger partial charge in [0, 0.05) is 0 Å². The van der Waals surface area contributed by atoms with Crippen LogP contribution in [0.25, 0.3) is 6.08 Å². The molecule has 0 bridgehead atoms. The number of esters is 1. The van der Waals surface area contributed by atoms with Gasteiger partial charge in [0.15, 0.2) is 11.5 Å². The van der Waals surface area contributed by atoms with E-state index in [2.05, 4.69) is 10.1 Å². The number of rotatable bonds is 9. The number of imide groups is 1. The summed E-state index contributed by atoms with van der Waals surface area (Å²) >= 11 is 0. The number of carbonyl (C=O) groups excluding carboxylic acids is 3. The first-order valence-corrected chi connectivity index (χ1v) is 10.9. The number of hydrogen-bond acceptors (Lipinski definition) is 8. The van der Waals surface area contributed by atoms with E-state index in [-0.39, 0.29) is 23.8 Å². The van der Waals surface area contributed by atoms with Gasteiger partial charge in [0.1, 0.15) is 18.1 Å². The molecule has 3 amide bonds. The average molecular weight is 492 g/mol. The van der Waals surface area contributed by atoms with E-state index in [1.54, 1.807) is 12.1 Å². The first kappa shape index (κ1) is 24.4. The molecule has 4 rings (SSSR count). The van der Waals surface area contributed by atoms with Crippen molar-refractivity contribution >= 4 is 24.0 Å². The Morgan fingerprint density at radius 1 is 1.00 bits per heavy atom. The van der Waals surface area contributed by atoms with E-state index in [9.17, 15) is 14.4 Å². The van der Waals surface area contributed by atoms with Crippen LogP contribution in [0, 0.1) is 0 Å². The van der Waals surface area contributed by atoms with Crippen LogP contribution in [0.2, 0.25) is 0 Å². The number of nitrogens with zero attached hydrogens (tertiary/aromatic N) is 1. The SMILES string of the molecule is COC(=O)c1ccc(CN2C(=O)N/C(=C\c3cc(OC)c(OCc4ccccc4)c(OC)c3)C2=O)o1. The minimum absolute atomic E-state index is 0.0240. The lowest BCUT2D eigenvalue weighted by atomic mass is 10.1. The standard InChI is InChI=1S/C26H24N2O8/c1-32-21-12-17(13-22(33-2)23(21)35-15-16-7-5-4-6-8-16)11-19-24(29)28(26(31)27-19)14-18-9-10-20(36-18)25(30)34-3/h4-13H,14-15H2,1-3H3,(H,27,31)/b19-11-. The molecular weight excluding hydrogens is 468 g/mol. The Hall–Kier alpha value is -4.73. The van der Waals surface area contributed by atoms with Gasteiger partial charge < -0.3 is 28.7 Å². The highest BCUT2D eigenvalue weighted by Crippen LogP contribution is 2.39. The third-order valence-electron chi connectivity index (χ3n) is 5.34. The van der Waals surface area contributed by atoms with Crippen molar-refractivity contribution in [1.82, 2.24) is 10.2 Å². The maximum atomic E-state index is 12.9. The predicted octanol–water partition coefficient (Wildman–Crippen LogP) is 3.76. The van der Waals surface area contributed by atoms with E-state index >= 15 is 0 Å². The van der Waals surface area contributed by atoms with Gasteiger partial charge >= 0.3 is 12.0 Å². The number of carbonyl (C=O) groups is 3. The van der Waals surface area contributed by atoms with Gasteiger partial charge in [-0.3, -0.25) is 9.69 Å². The monoisotopic (exact) mass is 492 g/mol. The van der Waals surface area contributed by atoms with Gasteiger partial charge in [0.05, 0.1) is 27.9 Å². The molecule has 1 saturated heterocycles. The molecule has 0 radical (unpaired) electrons. The summed E-state index contributed by atoms with van der Waals surface area (Å²) < 4.78 is 26.9. The maximum absolute atomic E-state index is 12.9. The topological polar surface area (TPSA) is 117 Å². The normalized spacial score (nSPS) is 14.1. The van der Waals surface area contributed by atoms with E-state index in [4.69, 9.17) is 18.6 Å². The molecule has 2 heterocycles. The first-order valence-electron chi connectivity index (χ1n) is 10.9.